The second kappa shape index (κ2) is 5.83. The Labute approximate surface area is 122 Å². The van der Waals surface area contributed by atoms with Crippen molar-refractivity contribution in [2.75, 3.05) is 0 Å². The van der Waals surface area contributed by atoms with Crippen molar-refractivity contribution in [1.29, 1.82) is 0 Å². The lowest BCUT2D eigenvalue weighted by atomic mass is 10.1. The number of carbonyl (C=O) groups is 2. The minimum atomic E-state index is -0.620. The van der Waals surface area contributed by atoms with Crippen molar-refractivity contribution in [2.24, 2.45) is 0 Å². The summed E-state index contributed by atoms with van der Waals surface area (Å²) < 4.78 is 9.89. The Morgan fingerprint density at radius 2 is 1.18 bits per heavy atom. The molecule has 0 spiro atoms. The van der Waals surface area contributed by atoms with E-state index < -0.39 is 11.9 Å². The van der Waals surface area contributed by atoms with Crippen LogP contribution in [0, 0.1) is 0 Å². The summed E-state index contributed by atoms with van der Waals surface area (Å²) in [5.41, 5.74) is 0.502. The van der Waals surface area contributed by atoms with Gasteiger partial charge in [-0.1, -0.05) is 20.6 Å². The standard InChI is InChI=1S/C12H8N6O4/c19-11(21-9-5-13-17-15-9)7-1-2-8(4-3-7)12(20)22-10-6-14-18-16-10/h1-6H,(H,13,15,17)(H,14,16,18). The number of rotatable bonds is 4. The number of hydrogen-bond acceptors (Lipinski definition) is 8. The van der Waals surface area contributed by atoms with Crippen molar-refractivity contribution in [3.63, 3.8) is 0 Å². The van der Waals surface area contributed by atoms with Gasteiger partial charge in [-0.3, -0.25) is 10.2 Å². The maximum absolute atomic E-state index is 11.8. The Morgan fingerprint density at radius 3 is 1.50 bits per heavy atom. The van der Waals surface area contributed by atoms with Gasteiger partial charge in [-0.2, -0.15) is 0 Å². The zero-order valence-electron chi connectivity index (χ0n) is 10.9. The second-order valence-corrected chi connectivity index (χ2v) is 3.98. The largest absolute Gasteiger partial charge is 0.400 e. The van der Waals surface area contributed by atoms with E-state index in [0.717, 1.165) is 0 Å². The molecule has 0 aliphatic rings. The molecule has 0 bridgehead atoms. The predicted octanol–water partition coefficient (Wildman–Crippen LogP) is 0.361. The highest BCUT2D eigenvalue weighted by atomic mass is 16.5. The van der Waals surface area contributed by atoms with E-state index in [0.29, 0.717) is 0 Å². The second-order valence-electron chi connectivity index (χ2n) is 3.98. The molecule has 0 radical (unpaired) electrons. The van der Waals surface area contributed by atoms with E-state index in [4.69, 9.17) is 9.47 Å². The normalized spacial score (nSPS) is 10.2. The van der Waals surface area contributed by atoms with Crippen LogP contribution in [-0.4, -0.2) is 42.8 Å². The Hall–Kier alpha value is -3.56. The molecule has 0 fully saturated rings. The first-order valence-electron chi connectivity index (χ1n) is 6.00. The van der Waals surface area contributed by atoms with E-state index in [1.54, 1.807) is 0 Å². The Balaban J connectivity index is 1.67. The molecule has 0 aliphatic heterocycles. The van der Waals surface area contributed by atoms with Gasteiger partial charge in [-0.25, -0.2) is 9.59 Å². The number of hydrogen-bond donors (Lipinski definition) is 2. The molecule has 110 valence electrons. The van der Waals surface area contributed by atoms with Crippen molar-refractivity contribution in [3.05, 3.63) is 47.8 Å². The number of ether oxygens (including phenoxy) is 2. The van der Waals surface area contributed by atoms with Crippen LogP contribution in [0.2, 0.25) is 0 Å². The molecule has 10 heteroatoms. The molecule has 0 unspecified atom stereocenters. The number of aromatic nitrogens is 6. The molecule has 0 atom stereocenters. The first-order valence-corrected chi connectivity index (χ1v) is 6.00. The van der Waals surface area contributed by atoms with Crippen molar-refractivity contribution in [1.82, 2.24) is 30.8 Å². The van der Waals surface area contributed by atoms with Crippen LogP contribution in [0.1, 0.15) is 20.7 Å². The van der Waals surface area contributed by atoms with Crippen LogP contribution in [0.15, 0.2) is 36.7 Å². The minimum Gasteiger partial charge on any atom is -0.400 e. The van der Waals surface area contributed by atoms with Crippen LogP contribution in [0.5, 0.6) is 11.8 Å². The quantitative estimate of drug-likeness (QED) is 0.659. The van der Waals surface area contributed by atoms with Crippen LogP contribution in [0.4, 0.5) is 0 Å². The van der Waals surface area contributed by atoms with Crippen LogP contribution in [0.25, 0.3) is 0 Å². The van der Waals surface area contributed by atoms with Gasteiger partial charge in [-0.05, 0) is 24.3 Å². The van der Waals surface area contributed by atoms with Gasteiger partial charge in [0, 0.05) is 0 Å². The van der Waals surface area contributed by atoms with Crippen LogP contribution in [-0.2, 0) is 0 Å². The van der Waals surface area contributed by atoms with E-state index in [1.165, 1.54) is 36.7 Å². The molecule has 2 heterocycles. The molecule has 0 amide bonds. The molecule has 0 saturated heterocycles. The average Bonchev–Trinajstić information content (AvgIpc) is 3.21. The van der Waals surface area contributed by atoms with Crippen molar-refractivity contribution >= 4 is 11.9 Å². The summed E-state index contributed by atoms with van der Waals surface area (Å²) in [6.45, 7) is 0. The fourth-order valence-electron chi connectivity index (χ4n) is 1.53. The molecule has 2 aromatic heterocycles. The summed E-state index contributed by atoms with van der Waals surface area (Å²) in [7, 11) is 0. The third kappa shape index (κ3) is 2.95. The van der Waals surface area contributed by atoms with Gasteiger partial charge in [0.25, 0.3) is 11.8 Å². The maximum Gasteiger partial charge on any atom is 0.344 e. The van der Waals surface area contributed by atoms with E-state index in [1.807, 2.05) is 0 Å². The number of H-pyrrole nitrogens is 2. The van der Waals surface area contributed by atoms with Gasteiger partial charge < -0.3 is 9.47 Å². The Bertz CT molecular complexity index is 699. The zero-order chi connectivity index (χ0) is 15.4. The van der Waals surface area contributed by atoms with Gasteiger partial charge in [0.1, 0.15) is 0 Å². The highest BCUT2D eigenvalue weighted by Crippen LogP contribution is 2.11. The summed E-state index contributed by atoms with van der Waals surface area (Å²) in [6, 6.07) is 5.73. The van der Waals surface area contributed by atoms with Crippen LogP contribution in [0.3, 0.4) is 0 Å². The molecule has 2 N–H and O–H groups in total. The third-order valence-electron chi connectivity index (χ3n) is 2.54. The number of aromatic amines is 2. The van der Waals surface area contributed by atoms with E-state index in [2.05, 4.69) is 30.8 Å². The lowest BCUT2D eigenvalue weighted by Crippen LogP contribution is -2.11. The van der Waals surface area contributed by atoms with Crippen LogP contribution < -0.4 is 9.47 Å². The minimum absolute atomic E-state index is 0.0551. The highest BCUT2D eigenvalue weighted by molar-refractivity contribution is 5.94. The summed E-state index contributed by atoms with van der Waals surface area (Å²) in [4.78, 5) is 23.6. The summed E-state index contributed by atoms with van der Waals surface area (Å²) in [5, 5.41) is 18.7. The topological polar surface area (TPSA) is 136 Å². The number of nitrogens with one attached hydrogen (secondary N) is 2. The van der Waals surface area contributed by atoms with E-state index in [-0.39, 0.29) is 22.9 Å². The molecule has 0 aliphatic carbocycles. The summed E-state index contributed by atoms with van der Waals surface area (Å²) >= 11 is 0. The first kappa shape index (κ1) is 13.4. The van der Waals surface area contributed by atoms with Crippen LogP contribution >= 0.6 is 0 Å². The molecular formula is C12H8N6O4. The number of nitrogens with zero attached hydrogens (tertiary/aromatic N) is 4. The molecule has 10 nitrogen and oxygen atoms in total. The lowest BCUT2D eigenvalue weighted by Gasteiger charge is -2.03. The molecular weight excluding hydrogens is 292 g/mol. The number of esters is 2. The van der Waals surface area contributed by atoms with Crippen molar-refractivity contribution < 1.29 is 19.1 Å². The summed E-state index contributed by atoms with van der Waals surface area (Å²) in [5.74, 6) is -1.13. The van der Waals surface area contributed by atoms with E-state index >= 15 is 0 Å². The lowest BCUT2D eigenvalue weighted by molar-refractivity contribution is 0.0713. The molecule has 1 aromatic carbocycles. The SMILES string of the molecule is O=C(Oc1c[nH]nn1)c1ccc(C(=O)Oc2c[nH]nn2)cc1. The van der Waals surface area contributed by atoms with E-state index in [9.17, 15) is 9.59 Å². The first-order chi connectivity index (χ1) is 10.7. The predicted molar refractivity (Wildman–Crippen MR) is 69.1 cm³/mol. The van der Waals surface area contributed by atoms with Gasteiger partial charge in [0.2, 0.25) is 0 Å². The average molecular weight is 300 g/mol. The number of carbonyl (C=O) groups excluding carboxylic acids is 2. The Morgan fingerprint density at radius 1 is 0.773 bits per heavy atom. The number of benzene rings is 1. The maximum atomic E-state index is 11.8. The van der Waals surface area contributed by atoms with Gasteiger partial charge in [-0.15, -0.1) is 0 Å². The highest BCUT2D eigenvalue weighted by Gasteiger charge is 2.13. The van der Waals surface area contributed by atoms with Gasteiger partial charge in [0.05, 0.1) is 23.5 Å². The third-order valence-corrected chi connectivity index (χ3v) is 2.54. The fourth-order valence-corrected chi connectivity index (χ4v) is 1.53. The monoisotopic (exact) mass is 300 g/mol. The van der Waals surface area contributed by atoms with Crippen molar-refractivity contribution in [3.8, 4) is 11.8 Å². The van der Waals surface area contributed by atoms with Crippen molar-refractivity contribution in [2.45, 2.75) is 0 Å². The molecule has 3 rings (SSSR count). The summed E-state index contributed by atoms with van der Waals surface area (Å²) in [6.07, 6.45) is 2.67. The molecule has 0 saturated carbocycles. The Kier molecular flexibility index (Phi) is 3.56. The molecule has 3 aromatic rings. The zero-order valence-corrected chi connectivity index (χ0v) is 10.9. The fraction of sp³-hybridized carbons (Fsp3) is 0. The molecule has 22 heavy (non-hydrogen) atoms. The smallest absolute Gasteiger partial charge is 0.344 e. The van der Waals surface area contributed by atoms with Gasteiger partial charge in [0.15, 0.2) is 0 Å². The van der Waals surface area contributed by atoms with Gasteiger partial charge >= 0.3 is 11.9 Å².